The van der Waals surface area contributed by atoms with Crippen molar-refractivity contribution in [3.05, 3.63) is 59.9 Å². The normalized spacial score (nSPS) is 15.5. The molecule has 0 unspecified atom stereocenters. The summed E-state index contributed by atoms with van der Waals surface area (Å²) < 4.78 is 45.2. The Morgan fingerprint density at radius 2 is 1.80 bits per heavy atom. The smallest absolute Gasteiger partial charge is 0.309 e. The number of carbonyl (C=O) groups is 2. The number of rotatable bonds is 6. The Labute approximate surface area is 174 Å². The van der Waals surface area contributed by atoms with E-state index in [0.29, 0.717) is 18.4 Å². The molecule has 0 bridgehead atoms. The number of anilines is 1. The summed E-state index contributed by atoms with van der Waals surface area (Å²) in [5.74, 6) is -2.04. The highest BCUT2D eigenvalue weighted by atomic mass is 32.2. The molecule has 7 nitrogen and oxygen atoms in total. The van der Waals surface area contributed by atoms with Crippen molar-refractivity contribution < 1.29 is 27.1 Å². The van der Waals surface area contributed by atoms with Crippen LogP contribution in [-0.4, -0.2) is 44.3 Å². The van der Waals surface area contributed by atoms with Gasteiger partial charge in [0.05, 0.1) is 10.8 Å². The Morgan fingerprint density at radius 3 is 2.43 bits per heavy atom. The summed E-state index contributed by atoms with van der Waals surface area (Å²) in [6, 6.07) is 12.4. The third-order valence-corrected chi connectivity index (χ3v) is 6.88. The predicted octanol–water partition coefficient (Wildman–Crippen LogP) is 2.72. The van der Waals surface area contributed by atoms with E-state index in [1.807, 2.05) is 0 Å². The monoisotopic (exact) mass is 434 g/mol. The zero-order valence-corrected chi connectivity index (χ0v) is 17.3. The van der Waals surface area contributed by atoms with E-state index in [-0.39, 0.29) is 23.7 Å². The van der Waals surface area contributed by atoms with Gasteiger partial charge in [0.2, 0.25) is 10.0 Å². The zero-order chi connectivity index (χ0) is 21.7. The maximum atomic E-state index is 13.5. The Morgan fingerprint density at radius 1 is 1.13 bits per heavy atom. The first kappa shape index (κ1) is 21.9. The molecule has 0 saturated carbocycles. The summed E-state index contributed by atoms with van der Waals surface area (Å²) in [4.78, 5) is 24.4. The SMILES string of the molecule is Cc1ccc(NC(=O)COC(=O)C2CCN(S(=O)(=O)c3ccccc3)CC2)cc1F. The van der Waals surface area contributed by atoms with Crippen LogP contribution in [0.15, 0.2) is 53.4 Å². The van der Waals surface area contributed by atoms with Gasteiger partial charge in [0.25, 0.3) is 5.91 Å². The van der Waals surface area contributed by atoms with Crippen molar-refractivity contribution in [2.45, 2.75) is 24.7 Å². The molecule has 1 aliphatic rings. The van der Waals surface area contributed by atoms with Gasteiger partial charge in [-0.3, -0.25) is 9.59 Å². The lowest BCUT2D eigenvalue weighted by Crippen LogP contribution is -2.40. The second kappa shape index (κ2) is 9.36. The standard InChI is InChI=1S/C21H23FN2O5S/c1-15-7-8-17(13-19(15)22)23-20(25)14-29-21(26)16-9-11-24(12-10-16)30(27,28)18-5-3-2-4-6-18/h2-8,13,16H,9-12,14H2,1H3,(H,23,25). The minimum absolute atomic E-state index is 0.200. The lowest BCUT2D eigenvalue weighted by Gasteiger charge is -2.30. The van der Waals surface area contributed by atoms with Crippen LogP contribution in [0.25, 0.3) is 0 Å². The van der Waals surface area contributed by atoms with Gasteiger partial charge in [-0.1, -0.05) is 24.3 Å². The minimum atomic E-state index is -3.59. The molecule has 0 aromatic heterocycles. The van der Waals surface area contributed by atoms with Gasteiger partial charge in [-0.2, -0.15) is 4.31 Å². The predicted molar refractivity (Wildman–Crippen MR) is 109 cm³/mol. The van der Waals surface area contributed by atoms with Gasteiger partial charge in [0, 0.05) is 18.8 Å². The molecule has 2 aromatic carbocycles. The molecule has 0 spiro atoms. The number of aryl methyl sites for hydroxylation is 1. The number of nitrogens with one attached hydrogen (secondary N) is 1. The molecule has 1 N–H and O–H groups in total. The molecule has 3 rings (SSSR count). The third kappa shape index (κ3) is 5.22. The number of sulfonamides is 1. The Bertz CT molecular complexity index is 1020. The van der Waals surface area contributed by atoms with E-state index in [1.54, 1.807) is 31.2 Å². The van der Waals surface area contributed by atoms with Gasteiger partial charge < -0.3 is 10.1 Å². The maximum absolute atomic E-state index is 13.5. The number of hydrogen-bond acceptors (Lipinski definition) is 5. The lowest BCUT2D eigenvalue weighted by atomic mass is 9.98. The van der Waals surface area contributed by atoms with Crippen LogP contribution in [0.4, 0.5) is 10.1 Å². The summed E-state index contributed by atoms with van der Waals surface area (Å²) in [6.45, 7) is 1.52. The van der Waals surface area contributed by atoms with Crippen LogP contribution in [0, 0.1) is 18.7 Å². The number of ether oxygens (including phenoxy) is 1. The van der Waals surface area contributed by atoms with E-state index >= 15 is 0 Å². The van der Waals surface area contributed by atoms with Crippen LogP contribution in [0.2, 0.25) is 0 Å². The maximum Gasteiger partial charge on any atom is 0.309 e. The fourth-order valence-corrected chi connectivity index (χ4v) is 4.69. The first-order valence-electron chi connectivity index (χ1n) is 9.55. The number of carbonyl (C=O) groups excluding carboxylic acids is 2. The van der Waals surface area contributed by atoms with Gasteiger partial charge in [-0.15, -0.1) is 0 Å². The first-order chi connectivity index (χ1) is 14.3. The Balaban J connectivity index is 1.47. The number of hydrogen-bond donors (Lipinski definition) is 1. The van der Waals surface area contributed by atoms with Crippen molar-refractivity contribution in [3.63, 3.8) is 0 Å². The number of benzene rings is 2. The van der Waals surface area contributed by atoms with Crippen LogP contribution in [-0.2, 0) is 24.3 Å². The molecule has 0 aliphatic carbocycles. The molecule has 2 aromatic rings. The van der Waals surface area contributed by atoms with E-state index in [1.165, 1.54) is 28.6 Å². The topological polar surface area (TPSA) is 92.8 Å². The number of amides is 1. The van der Waals surface area contributed by atoms with Crippen molar-refractivity contribution >= 4 is 27.6 Å². The Hall–Kier alpha value is -2.78. The van der Waals surface area contributed by atoms with E-state index in [9.17, 15) is 22.4 Å². The van der Waals surface area contributed by atoms with E-state index in [4.69, 9.17) is 4.74 Å². The van der Waals surface area contributed by atoms with Gasteiger partial charge in [0.15, 0.2) is 6.61 Å². The fraction of sp³-hybridized carbons (Fsp3) is 0.333. The highest BCUT2D eigenvalue weighted by Gasteiger charge is 2.32. The number of esters is 1. The third-order valence-electron chi connectivity index (χ3n) is 4.97. The summed E-state index contributed by atoms with van der Waals surface area (Å²) >= 11 is 0. The molecule has 30 heavy (non-hydrogen) atoms. The van der Waals surface area contributed by atoms with Crippen molar-refractivity contribution in [1.29, 1.82) is 0 Å². The molecular formula is C21H23FN2O5S. The fourth-order valence-electron chi connectivity index (χ4n) is 3.20. The highest BCUT2D eigenvalue weighted by molar-refractivity contribution is 7.89. The van der Waals surface area contributed by atoms with Crippen LogP contribution in [0.3, 0.4) is 0 Å². The van der Waals surface area contributed by atoms with Crippen molar-refractivity contribution in [1.82, 2.24) is 4.31 Å². The summed E-state index contributed by atoms with van der Waals surface area (Å²) in [7, 11) is -3.59. The molecule has 0 atom stereocenters. The van der Waals surface area contributed by atoms with E-state index < -0.39 is 40.2 Å². The lowest BCUT2D eigenvalue weighted by molar-refractivity contribution is -0.152. The summed E-state index contributed by atoms with van der Waals surface area (Å²) in [6.07, 6.45) is 0.630. The Kier molecular flexibility index (Phi) is 6.84. The van der Waals surface area contributed by atoms with Crippen LogP contribution < -0.4 is 5.32 Å². The van der Waals surface area contributed by atoms with Gasteiger partial charge in [-0.05, 0) is 49.6 Å². The average molecular weight is 434 g/mol. The molecular weight excluding hydrogens is 411 g/mol. The quantitative estimate of drug-likeness (QED) is 0.706. The van der Waals surface area contributed by atoms with Crippen LogP contribution >= 0.6 is 0 Å². The molecule has 9 heteroatoms. The average Bonchev–Trinajstić information content (AvgIpc) is 2.75. The highest BCUT2D eigenvalue weighted by Crippen LogP contribution is 2.24. The van der Waals surface area contributed by atoms with Crippen molar-refractivity contribution in [3.8, 4) is 0 Å². The number of nitrogens with zero attached hydrogens (tertiary/aromatic N) is 1. The summed E-state index contributed by atoms with van der Waals surface area (Å²) in [5, 5.41) is 2.47. The van der Waals surface area contributed by atoms with E-state index in [0.717, 1.165) is 0 Å². The molecule has 160 valence electrons. The first-order valence-corrected chi connectivity index (χ1v) is 11.0. The molecule has 0 radical (unpaired) electrons. The second-order valence-electron chi connectivity index (χ2n) is 7.11. The van der Waals surface area contributed by atoms with Gasteiger partial charge in [-0.25, -0.2) is 12.8 Å². The number of piperidine rings is 1. The summed E-state index contributed by atoms with van der Waals surface area (Å²) in [5.41, 5.74) is 0.735. The van der Waals surface area contributed by atoms with Crippen molar-refractivity contribution in [2.24, 2.45) is 5.92 Å². The van der Waals surface area contributed by atoms with Crippen molar-refractivity contribution in [2.75, 3.05) is 25.0 Å². The molecule has 1 aliphatic heterocycles. The molecule has 1 saturated heterocycles. The van der Waals surface area contributed by atoms with Crippen LogP contribution in [0.5, 0.6) is 0 Å². The second-order valence-corrected chi connectivity index (χ2v) is 9.05. The van der Waals surface area contributed by atoms with Gasteiger partial charge in [0.1, 0.15) is 5.82 Å². The van der Waals surface area contributed by atoms with Crippen LogP contribution in [0.1, 0.15) is 18.4 Å². The molecule has 1 heterocycles. The van der Waals surface area contributed by atoms with Gasteiger partial charge >= 0.3 is 5.97 Å². The zero-order valence-electron chi connectivity index (χ0n) is 16.5. The molecule has 1 amide bonds. The van der Waals surface area contributed by atoms with E-state index in [2.05, 4.69) is 5.32 Å². The largest absolute Gasteiger partial charge is 0.455 e. The number of halogens is 1. The minimum Gasteiger partial charge on any atom is -0.455 e. The molecule has 1 fully saturated rings.